The Bertz CT molecular complexity index is 1340. The largest absolute Gasteiger partial charge is 0.478 e. The fourth-order valence-electron chi connectivity index (χ4n) is 2.99. The molecule has 0 atom stereocenters. The Balaban J connectivity index is 1.89. The molecule has 6 nitrogen and oxygen atoms in total. The van der Waals surface area contributed by atoms with Crippen molar-refractivity contribution < 1.29 is 4.74 Å². The van der Waals surface area contributed by atoms with E-state index in [0.29, 0.717) is 33.1 Å². The molecule has 1 aromatic heterocycles. The zero-order valence-corrected chi connectivity index (χ0v) is 16.5. The lowest BCUT2D eigenvalue weighted by molar-refractivity contribution is 0.367. The number of nitrogens with zero attached hydrogens (tertiary/aromatic N) is 4. The van der Waals surface area contributed by atoms with Crippen molar-refractivity contribution in [2.75, 3.05) is 6.61 Å². The lowest BCUT2D eigenvalue weighted by Crippen LogP contribution is -2.20. The normalized spacial score (nSPS) is 10.9. The maximum atomic E-state index is 13.2. The fourth-order valence-corrected chi connectivity index (χ4v) is 3.17. The molecule has 30 heavy (non-hydrogen) atoms. The second-order valence-electron chi connectivity index (χ2n) is 6.31. The molecule has 0 spiro atoms. The van der Waals surface area contributed by atoms with Gasteiger partial charge in [0.05, 0.1) is 17.1 Å². The van der Waals surface area contributed by atoms with E-state index >= 15 is 0 Å². The van der Waals surface area contributed by atoms with Crippen molar-refractivity contribution >= 4 is 28.7 Å². The van der Waals surface area contributed by atoms with Crippen LogP contribution in [0.25, 0.3) is 22.3 Å². The van der Waals surface area contributed by atoms with Gasteiger partial charge in [-0.3, -0.25) is 4.79 Å². The van der Waals surface area contributed by atoms with Crippen molar-refractivity contribution in [2.45, 2.75) is 0 Å². The number of hydrogen-bond donors (Lipinski definition) is 0. The number of halogens is 1. The van der Waals surface area contributed by atoms with Crippen LogP contribution in [0.4, 0.5) is 0 Å². The van der Waals surface area contributed by atoms with Gasteiger partial charge < -0.3 is 4.74 Å². The lowest BCUT2D eigenvalue weighted by Gasteiger charge is -2.10. The van der Waals surface area contributed by atoms with Gasteiger partial charge in [-0.25, -0.2) is 4.98 Å². The minimum Gasteiger partial charge on any atom is -0.478 e. The van der Waals surface area contributed by atoms with E-state index in [1.807, 2.05) is 42.5 Å². The van der Waals surface area contributed by atoms with Crippen LogP contribution < -0.4 is 10.3 Å². The summed E-state index contributed by atoms with van der Waals surface area (Å²) in [5.41, 5.74) is 1.59. The number of hydrogen-bond acceptors (Lipinski definition) is 5. The zero-order chi connectivity index (χ0) is 20.9. The summed E-state index contributed by atoms with van der Waals surface area (Å²) in [5, 5.41) is 14.1. The highest BCUT2D eigenvalue weighted by Crippen LogP contribution is 2.22. The van der Waals surface area contributed by atoms with E-state index in [4.69, 9.17) is 21.6 Å². The van der Waals surface area contributed by atoms with Crippen LogP contribution in [-0.4, -0.2) is 22.5 Å². The van der Waals surface area contributed by atoms with E-state index in [0.717, 1.165) is 5.56 Å². The lowest BCUT2D eigenvalue weighted by atomic mass is 10.2. The number of aromatic nitrogens is 2. The molecule has 0 aliphatic rings. The molecule has 0 saturated carbocycles. The third kappa shape index (κ3) is 3.93. The van der Waals surface area contributed by atoms with Crippen LogP contribution in [0, 0.1) is 11.3 Å². The molecule has 0 radical (unpaired) electrons. The van der Waals surface area contributed by atoms with Crippen molar-refractivity contribution in [3.05, 3.63) is 93.7 Å². The van der Waals surface area contributed by atoms with E-state index in [2.05, 4.69) is 10.1 Å². The smallest absolute Gasteiger partial charge is 0.282 e. The summed E-state index contributed by atoms with van der Waals surface area (Å²) >= 11 is 6.11. The van der Waals surface area contributed by atoms with Crippen LogP contribution in [0.2, 0.25) is 5.02 Å². The Morgan fingerprint density at radius 3 is 2.67 bits per heavy atom. The van der Waals surface area contributed by atoms with Crippen molar-refractivity contribution in [3.8, 4) is 23.2 Å². The first kappa shape index (κ1) is 19.4. The quantitative estimate of drug-likeness (QED) is 0.450. The second-order valence-corrected chi connectivity index (χ2v) is 6.75. The van der Waals surface area contributed by atoms with E-state index in [1.165, 1.54) is 10.9 Å². The number of benzene rings is 3. The summed E-state index contributed by atoms with van der Waals surface area (Å²) < 4.78 is 6.69. The monoisotopic (exact) mass is 414 g/mol. The van der Waals surface area contributed by atoms with E-state index in [9.17, 15) is 4.79 Å². The Labute approximate surface area is 177 Å². The van der Waals surface area contributed by atoms with Crippen molar-refractivity contribution in [3.63, 3.8) is 0 Å². The van der Waals surface area contributed by atoms with Crippen molar-refractivity contribution in [2.24, 2.45) is 5.10 Å². The van der Waals surface area contributed by atoms with Crippen molar-refractivity contribution in [1.82, 2.24) is 9.66 Å². The highest BCUT2D eigenvalue weighted by Gasteiger charge is 2.12. The zero-order valence-electron chi connectivity index (χ0n) is 15.7. The fraction of sp³-hybridized carbons (Fsp3) is 0.0435. The molecule has 0 amide bonds. The first-order valence-electron chi connectivity index (χ1n) is 9.08. The summed E-state index contributed by atoms with van der Waals surface area (Å²) in [5.74, 6) is 0.852. The van der Waals surface area contributed by atoms with E-state index in [-0.39, 0.29) is 12.2 Å². The molecule has 0 fully saturated rings. The summed E-state index contributed by atoms with van der Waals surface area (Å²) in [6, 6.07) is 23.4. The molecule has 0 aliphatic carbocycles. The maximum Gasteiger partial charge on any atom is 0.282 e. The molecular formula is C23H15ClN4O2. The Hall–Kier alpha value is -3.95. The van der Waals surface area contributed by atoms with Gasteiger partial charge in [-0.2, -0.15) is 15.0 Å². The third-order valence-electron chi connectivity index (χ3n) is 4.36. The number of para-hydroxylation sites is 1. The average molecular weight is 415 g/mol. The van der Waals surface area contributed by atoms with Crippen molar-refractivity contribution in [1.29, 1.82) is 5.26 Å². The number of ether oxygens (including phenoxy) is 1. The highest BCUT2D eigenvalue weighted by atomic mass is 35.5. The van der Waals surface area contributed by atoms with E-state index in [1.54, 1.807) is 36.4 Å². The van der Waals surface area contributed by atoms with Crippen LogP contribution in [0.1, 0.15) is 5.56 Å². The average Bonchev–Trinajstić information content (AvgIpc) is 2.78. The molecule has 7 heteroatoms. The third-order valence-corrected chi connectivity index (χ3v) is 4.60. The summed E-state index contributed by atoms with van der Waals surface area (Å²) in [4.78, 5) is 17.8. The van der Waals surface area contributed by atoms with Crippen LogP contribution in [0.5, 0.6) is 5.75 Å². The predicted octanol–water partition coefficient (Wildman–Crippen LogP) is 4.50. The van der Waals surface area contributed by atoms with Gasteiger partial charge >= 0.3 is 0 Å². The molecule has 0 bridgehead atoms. The van der Waals surface area contributed by atoms with E-state index < -0.39 is 0 Å². The maximum absolute atomic E-state index is 13.2. The molecule has 0 N–H and O–H groups in total. The van der Waals surface area contributed by atoms with Gasteiger partial charge in [0.25, 0.3) is 5.56 Å². The first-order valence-corrected chi connectivity index (χ1v) is 9.46. The van der Waals surface area contributed by atoms with Crippen LogP contribution in [-0.2, 0) is 0 Å². The molecule has 0 saturated heterocycles. The van der Waals surface area contributed by atoms with Gasteiger partial charge in [-0.05, 0) is 30.3 Å². The first-order chi connectivity index (χ1) is 14.7. The number of fused-ring (bicyclic) bond motifs is 1. The molecule has 1 heterocycles. The molecule has 0 unspecified atom stereocenters. The molecule has 4 aromatic rings. The topological polar surface area (TPSA) is 80.3 Å². The Kier molecular flexibility index (Phi) is 5.55. The Morgan fingerprint density at radius 1 is 1.10 bits per heavy atom. The van der Waals surface area contributed by atoms with Gasteiger partial charge in [0.15, 0.2) is 12.4 Å². The summed E-state index contributed by atoms with van der Waals surface area (Å²) in [6.45, 7) is -0.116. The summed E-state index contributed by atoms with van der Waals surface area (Å²) in [6.07, 6.45) is 1.48. The highest BCUT2D eigenvalue weighted by molar-refractivity contribution is 6.30. The van der Waals surface area contributed by atoms with Gasteiger partial charge in [-0.1, -0.05) is 54.1 Å². The molecular weight excluding hydrogens is 400 g/mol. The molecule has 3 aromatic carbocycles. The minimum absolute atomic E-state index is 0.116. The standard InChI is InChI=1S/C23H15ClN4O2/c24-18-10-11-21(30-13-12-25)17(14-18)15-26-28-22(16-6-2-1-3-7-16)27-20-9-5-4-8-19(20)23(28)29/h1-11,14-15H,13H2. The van der Waals surface area contributed by atoms with Gasteiger partial charge in [0, 0.05) is 16.1 Å². The molecule has 146 valence electrons. The number of nitriles is 1. The minimum atomic E-state index is -0.294. The number of rotatable bonds is 5. The van der Waals surface area contributed by atoms with Gasteiger partial charge in [-0.15, -0.1) is 0 Å². The SMILES string of the molecule is N#CCOc1ccc(Cl)cc1C=Nn1c(-c2ccccc2)nc2ccccc2c1=O. The van der Waals surface area contributed by atoms with Crippen LogP contribution in [0.3, 0.4) is 0 Å². The summed E-state index contributed by atoms with van der Waals surface area (Å²) in [7, 11) is 0. The van der Waals surface area contributed by atoms with Gasteiger partial charge in [0.2, 0.25) is 0 Å². The predicted molar refractivity (Wildman–Crippen MR) is 117 cm³/mol. The van der Waals surface area contributed by atoms with Crippen LogP contribution in [0.15, 0.2) is 82.7 Å². The second kappa shape index (κ2) is 8.60. The Morgan fingerprint density at radius 2 is 1.87 bits per heavy atom. The van der Waals surface area contributed by atoms with Gasteiger partial charge in [0.1, 0.15) is 11.8 Å². The molecule has 0 aliphatic heterocycles. The van der Waals surface area contributed by atoms with Crippen LogP contribution >= 0.6 is 11.6 Å². The molecule has 4 rings (SSSR count).